The number of carbonyl (C=O) groups excluding carboxylic acids is 1. The zero-order valence-corrected chi connectivity index (χ0v) is 22.2. The van der Waals surface area contributed by atoms with Crippen molar-refractivity contribution in [3.63, 3.8) is 0 Å². The highest BCUT2D eigenvalue weighted by atomic mass is 35.5. The number of nitro benzene ring substituents is 1. The molecule has 0 unspecified atom stereocenters. The van der Waals surface area contributed by atoms with E-state index in [-0.39, 0.29) is 16.4 Å². The minimum absolute atomic E-state index is 0.0712. The van der Waals surface area contributed by atoms with Crippen LogP contribution in [0.15, 0.2) is 54.6 Å². The van der Waals surface area contributed by atoms with E-state index in [9.17, 15) is 14.9 Å². The number of benzene rings is 3. The van der Waals surface area contributed by atoms with Gasteiger partial charge in [0.15, 0.2) is 5.11 Å². The summed E-state index contributed by atoms with van der Waals surface area (Å²) < 4.78 is 0. The van der Waals surface area contributed by atoms with Crippen molar-refractivity contribution >= 4 is 62.9 Å². The SMILES string of the molecule is Cc1cc2[nH]c(-c3cccc(NC(=S)NC(=O)c4ccc(N5CCCCC5)c([N+](=O)[O-])c4)c3)nc2cc1Cl. The van der Waals surface area contributed by atoms with Gasteiger partial charge in [-0.1, -0.05) is 23.7 Å². The maximum Gasteiger partial charge on any atom is 0.293 e. The second-order valence-electron chi connectivity index (χ2n) is 9.20. The summed E-state index contributed by atoms with van der Waals surface area (Å²) in [5, 5.41) is 18.1. The van der Waals surface area contributed by atoms with E-state index in [1.807, 2.05) is 48.2 Å². The number of nitrogens with one attached hydrogen (secondary N) is 3. The summed E-state index contributed by atoms with van der Waals surface area (Å²) in [5.41, 5.74) is 4.66. The molecule has 2 heterocycles. The van der Waals surface area contributed by atoms with Gasteiger partial charge in [-0.3, -0.25) is 20.2 Å². The Morgan fingerprint density at radius 3 is 2.68 bits per heavy atom. The molecule has 5 rings (SSSR count). The van der Waals surface area contributed by atoms with Crippen LogP contribution in [0.1, 0.15) is 35.2 Å². The molecule has 9 nitrogen and oxygen atoms in total. The summed E-state index contributed by atoms with van der Waals surface area (Å²) in [6, 6.07) is 15.7. The van der Waals surface area contributed by atoms with Gasteiger partial charge in [-0.15, -0.1) is 0 Å². The molecule has 194 valence electrons. The molecule has 4 aromatic rings. The molecule has 1 fully saturated rings. The number of H-pyrrole nitrogens is 1. The number of aromatic amines is 1. The molecule has 0 bridgehead atoms. The second-order valence-corrected chi connectivity index (χ2v) is 10.0. The van der Waals surface area contributed by atoms with Crippen molar-refractivity contribution in [1.82, 2.24) is 15.3 Å². The third kappa shape index (κ3) is 5.46. The number of anilines is 2. The number of amides is 1. The van der Waals surface area contributed by atoms with E-state index in [4.69, 9.17) is 23.8 Å². The minimum Gasteiger partial charge on any atom is -0.366 e. The Kier molecular flexibility index (Phi) is 7.26. The van der Waals surface area contributed by atoms with Crippen molar-refractivity contribution in [2.45, 2.75) is 26.2 Å². The molecule has 0 radical (unpaired) electrons. The molecule has 38 heavy (non-hydrogen) atoms. The van der Waals surface area contributed by atoms with Crippen LogP contribution in [-0.2, 0) is 0 Å². The van der Waals surface area contributed by atoms with E-state index >= 15 is 0 Å². The van der Waals surface area contributed by atoms with Crippen molar-refractivity contribution in [1.29, 1.82) is 0 Å². The third-order valence-corrected chi connectivity index (χ3v) is 7.13. The van der Waals surface area contributed by atoms with Crippen LogP contribution < -0.4 is 15.5 Å². The van der Waals surface area contributed by atoms with Crippen LogP contribution in [0.5, 0.6) is 0 Å². The molecular weight excluding hydrogens is 524 g/mol. The average molecular weight is 549 g/mol. The van der Waals surface area contributed by atoms with Crippen LogP contribution in [0.3, 0.4) is 0 Å². The van der Waals surface area contributed by atoms with Gasteiger partial charge in [-0.25, -0.2) is 4.98 Å². The largest absolute Gasteiger partial charge is 0.366 e. The Hall–Kier alpha value is -4.02. The van der Waals surface area contributed by atoms with Gasteiger partial charge in [0.05, 0.1) is 16.0 Å². The van der Waals surface area contributed by atoms with E-state index in [1.165, 1.54) is 6.07 Å². The smallest absolute Gasteiger partial charge is 0.293 e. The lowest BCUT2D eigenvalue weighted by Crippen LogP contribution is -2.34. The number of imidazole rings is 1. The lowest BCUT2D eigenvalue weighted by Gasteiger charge is -2.28. The van der Waals surface area contributed by atoms with Crippen molar-refractivity contribution in [2.75, 3.05) is 23.3 Å². The number of carbonyl (C=O) groups is 1. The van der Waals surface area contributed by atoms with Gasteiger partial charge in [-0.2, -0.15) is 0 Å². The number of thiocarbonyl (C=S) groups is 1. The van der Waals surface area contributed by atoms with E-state index < -0.39 is 10.8 Å². The first-order chi connectivity index (χ1) is 18.3. The lowest BCUT2D eigenvalue weighted by atomic mass is 10.1. The Balaban J connectivity index is 1.29. The molecule has 1 aromatic heterocycles. The number of piperidine rings is 1. The zero-order chi connectivity index (χ0) is 26.8. The van der Waals surface area contributed by atoms with Crippen molar-refractivity contribution in [3.8, 4) is 11.4 Å². The summed E-state index contributed by atoms with van der Waals surface area (Å²) in [4.78, 5) is 34.1. The first-order valence-electron chi connectivity index (χ1n) is 12.2. The van der Waals surface area contributed by atoms with Gasteiger partial charge >= 0.3 is 0 Å². The highest BCUT2D eigenvalue weighted by Gasteiger charge is 2.23. The predicted molar refractivity (Wildman–Crippen MR) is 154 cm³/mol. The topological polar surface area (TPSA) is 116 Å². The highest BCUT2D eigenvalue weighted by molar-refractivity contribution is 7.80. The number of hydrogen-bond acceptors (Lipinski definition) is 6. The van der Waals surface area contributed by atoms with Crippen LogP contribution in [0.4, 0.5) is 17.1 Å². The summed E-state index contributed by atoms with van der Waals surface area (Å²) in [6.07, 6.45) is 3.10. The molecular formula is C27H25ClN6O3S. The Morgan fingerprint density at radius 1 is 1.13 bits per heavy atom. The number of nitro groups is 1. The normalized spacial score (nSPS) is 13.4. The van der Waals surface area contributed by atoms with E-state index in [0.717, 1.165) is 54.5 Å². The molecule has 11 heteroatoms. The van der Waals surface area contributed by atoms with Crippen LogP contribution >= 0.6 is 23.8 Å². The Morgan fingerprint density at radius 2 is 1.92 bits per heavy atom. The first-order valence-corrected chi connectivity index (χ1v) is 13.0. The van der Waals surface area contributed by atoms with Crippen LogP contribution in [0.25, 0.3) is 22.4 Å². The maximum atomic E-state index is 12.8. The number of fused-ring (bicyclic) bond motifs is 1. The maximum absolute atomic E-state index is 12.8. The molecule has 1 amide bonds. The van der Waals surface area contributed by atoms with Gasteiger partial charge in [0, 0.05) is 41.0 Å². The van der Waals surface area contributed by atoms with Crippen LogP contribution in [-0.4, -0.2) is 39.0 Å². The van der Waals surface area contributed by atoms with Crippen LogP contribution in [0.2, 0.25) is 5.02 Å². The van der Waals surface area contributed by atoms with Crippen molar-refractivity contribution < 1.29 is 9.72 Å². The molecule has 1 aliphatic heterocycles. The van der Waals surface area contributed by atoms with Gasteiger partial charge in [0.25, 0.3) is 11.6 Å². The zero-order valence-electron chi connectivity index (χ0n) is 20.6. The molecule has 1 saturated heterocycles. The van der Waals surface area contributed by atoms with Gasteiger partial charge in [-0.05, 0) is 80.4 Å². The summed E-state index contributed by atoms with van der Waals surface area (Å²) in [6.45, 7) is 3.46. The Bertz CT molecular complexity index is 1520. The predicted octanol–water partition coefficient (Wildman–Crippen LogP) is 6.22. The third-order valence-electron chi connectivity index (χ3n) is 6.51. The molecule has 0 spiro atoms. The molecule has 0 atom stereocenters. The monoisotopic (exact) mass is 548 g/mol. The van der Waals surface area contributed by atoms with Gasteiger partial charge in [0.2, 0.25) is 0 Å². The lowest BCUT2D eigenvalue weighted by molar-refractivity contribution is -0.384. The molecule has 3 aromatic carbocycles. The number of nitrogens with zero attached hydrogens (tertiary/aromatic N) is 3. The fourth-order valence-electron chi connectivity index (χ4n) is 4.57. The molecule has 0 aliphatic carbocycles. The summed E-state index contributed by atoms with van der Waals surface area (Å²) in [5.74, 6) is 0.137. The second kappa shape index (κ2) is 10.8. The van der Waals surface area contributed by atoms with Crippen LogP contribution in [0, 0.1) is 17.0 Å². The molecule has 1 aliphatic rings. The first kappa shape index (κ1) is 25.6. The number of aryl methyl sites for hydroxylation is 1. The standard InChI is InChI=1S/C27H25ClN6O3S/c1-16-12-21-22(15-20(16)28)31-25(30-21)17-6-5-7-19(13-17)29-27(38)32-26(35)18-8-9-23(24(14-18)34(36)37)33-10-3-2-4-11-33/h5-9,12-15H,2-4,10-11H2,1H3,(H,30,31)(H2,29,32,35,38). The average Bonchev–Trinajstić information content (AvgIpc) is 3.31. The van der Waals surface area contributed by atoms with E-state index in [2.05, 4.69) is 20.6 Å². The molecule has 0 saturated carbocycles. The number of rotatable bonds is 5. The number of halogens is 1. The summed E-state index contributed by atoms with van der Waals surface area (Å²) in [7, 11) is 0. The fraction of sp³-hybridized carbons (Fsp3) is 0.222. The molecule has 3 N–H and O–H groups in total. The van der Waals surface area contributed by atoms with Crippen molar-refractivity contribution in [2.24, 2.45) is 0 Å². The number of hydrogen-bond donors (Lipinski definition) is 3. The highest BCUT2D eigenvalue weighted by Crippen LogP contribution is 2.31. The quantitative estimate of drug-likeness (QED) is 0.154. The van der Waals surface area contributed by atoms with E-state index in [0.29, 0.717) is 22.2 Å². The Labute approximate surface area is 229 Å². The van der Waals surface area contributed by atoms with E-state index in [1.54, 1.807) is 12.1 Å². The van der Waals surface area contributed by atoms with Gasteiger partial charge < -0.3 is 15.2 Å². The van der Waals surface area contributed by atoms with Gasteiger partial charge in [0.1, 0.15) is 11.5 Å². The number of aromatic nitrogens is 2. The summed E-state index contributed by atoms with van der Waals surface area (Å²) >= 11 is 11.6. The van der Waals surface area contributed by atoms with Crippen molar-refractivity contribution in [3.05, 3.63) is 80.9 Å². The minimum atomic E-state index is -0.531. The fourth-order valence-corrected chi connectivity index (χ4v) is 4.94.